The molecule has 2 unspecified atom stereocenters. The van der Waals surface area contributed by atoms with Crippen molar-refractivity contribution in [3.8, 4) is 0 Å². The molecule has 4 bridgehead atoms. The number of nitrogens with zero attached hydrogens (tertiary/aromatic N) is 2. The Kier molecular flexibility index (Phi) is 8.99. The van der Waals surface area contributed by atoms with Gasteiger partial charge in [-0.25, -0.2) is 9.78 Å². The van der Waals surface area contributed by atoms with E-state index in [1.165, 1.54) is 19.3 Å². The van der Waals surface area contributed by atoms with E-state index >= 15 is 0 Å². The smallest absolute Gasteiger partial charge is 0.374 e. The van der Waals surface area contributed by atoms with E-state index in [4.69, 9.17) is 4.74 Å². The average Bonchev–Trinajstić information content (AvgIpc) is 2.85. The van der Waals surface area contributed by atoms with Crippen LogP contribution < -0.4 is 21.4 Å². The molecule has 6 nitrogen and oxygen atoms in total. The average molecular weight is 482 g/mol. The summed E-state index contributed by atoms with van der Waals surface area (Å²) >= 11 is 0. The van der Waals surface area contributed by atoms with Crippen LogP contribution in [-0.4, -0.2) is 34.2 Å². The van der Waals surface area contributed by atoms with Crippen LogP contribution in [0.4, 0.5) is 0 Å². The molecule has 2 atom stereocenters. The van der Waals surface area contributed by atoms with Crippen LogP contribution in [0.5, 0.6) is 0 Å². The van der Waals surface area contributed by atoms with Gasteiger partial charge in [0, 0.05) is 18.1 Å². The largest absolute Gasteiger partial charge is 0.460 e. The number of piperidine rings is 2. The molecule has 2 aliphatic heterocycles. The van der Waals surface area contributed by atoms with Gasteiger partial charge in [0.15, 0.2) is 0 Å². The summed E-state index contributed by atoms with van der Waals surface area (Å²) in [6, 6.07) is 0.728. The lowest BCUT2D eigenvalue weighted by Crippen LogP contribution is -2.55. The van der Waals surface area contributed by atoms with Gasteiger partial charge in [0.25, 0.3) is 5.56 Å². The highest BCUT2D eigenvalue weighted by atomic mass is 16.5. The maximum Gasteiger partial charge on any atom is 0.374 e. The SMILES string of the molecule is C1CC2CCCC(C1)C2.C=C/C=c1/c(=O)n(C2CC3CCCC(C2)N3)c(C(=O)OCC)n/c1=C/C. The van der Waals surface area contributed by atoms with Gasteiger partial charge in [-0.1, -0.05) is 63.7 Å². The molecule has 1 N–H and O–H groups in total. The third kappa shape index (κ3) is 6.14. The molecule has 0 amide bonds. The standard InChI is InChI=1S/C20H27N3O3.C9H16/c1-4-8-16-17(5-2)22-18(20(25)26-6-3)23(19(16)24)15-11-13-9-7-10-14(12-15)21-13;1-3-8-5-2-6-9(4-1)7-8/h4-5,8,13-15,21H,1,6-7,9-12H2,2-3H3;8-9H,1-7H2/b16-8+,17-5+;. The summed E-state index contributed by atoms with van der Waals surface area (Å²) < 4.78 is 6.76. The van der Waals surface area contributed by atoms with E-state index in [9.17, 15) is 9.59 Å². The van der Waals surface area contributed by atoms with E-state index in [-0.39, 0.29) is 24.0 Å². The van der Waals surface area contributed by atoms with E-state index in [2.05, 4.69) is 16.9 Å². The summed E-state index contributed by atoms with van der Waals surface area (Å²) in [5.74, 6) is 1.87. The van der Waals surface area contributed by atoms with Gasteiger partial charge >= 0.3 is 5.97 Å². The first kappa shape index (κ1) is 25.9. The molecule has 35 heavy (non-hydrogen) atoms. The molecule has 0 radical (unpaired) electrons. The predicted molar refractivity (Wildman–Crippen MR) is 141 cm³/mol. The first-order chi connectivity index (χ1) is 17.0. The van der Waals surface area contributed by atoms with E-state index in [0.717, 1.165) is 37.5 Å². The third-order valence-corrected chi connectivity index (χ3v) is 8.37. The Hall–Kier alpha value is -2.21. The minimum Gasteiger partial charge on any atom is -0.460 e. The lowest BCUT2D eigenvalue weighted by atomic mass is 9.72. The summed E-state index contributed by atoms with van der Waals surface area (Å²) in [7, 11) is 0. The van der Waals surface area contributed by atoms with Crippen molar-refractivity contribution in [3.63, 3.8) is 0 Å². The van der Waals surface area contributed by atoms with E-state index < -0.39 is 5.97 Å². The molecule has 4 aliphatic rings. The number of nitrogens with one attached hydrogen (secondary N) is 1. The Labute approximate surface area is 209 Å². The number of aromatic nitrogens is 2. The van der Waals surface area contributed by atoms with Crippen molar-refractivity contribution in [3.05, 3.63) is 39.4 Å². The van der Waals surface area contributed by atoms with Gasteiger partial charge in [-0.15, -0.1) is 0 Å². The predicted octanol–water partition coefficient (Wildman–Crippen LogP) is 4.01. The Morgan fingerprint density at radius 2 is 1.66 bits per heavy atom. The number of fused-ring (bicyclic) bond motifs is 4. The van der Waals surface area contributed by atoms with Crippen LogP contribution in [0.25, 0.3) is 12.2 Å². The second-order valence-corrected chi connectivity index (χ2v) is 10.8. The number of esters is 1. The summed E-state index contributed by atoms with van der Waals surface area (Å²) in [4.78, 5) is 30.3. The first-order valence-electron chi connectivity index (χ1n) is 13.9. The molecule has 6 heteroatoms. The maximum atomic E-state index is 13.3. The molecule has 2 saturated heterocycles. The molecule has 2 aliphatic carbocycles. The normalized spacial score (nSPS) is 30.7. The van der Waals surface area contributed by atoms with Gasteiger partial charge in [0.2, 0.25) is 5.82 Å². The minimum atomic E-state index is -0.540. The molecule has 0 aromatic carbocycles. The quantitative estimate of drug-likeness (QED) is 0.658. The molecular formula is C29H43N3O3. The van der Waals surface area contributed by atoms with Crippen molar-refractivity contribution in [2.45, 2.75) is 109 Å². The number of ether oxygens (including phenoxy) is 1. The molecule has 5 rings (SSSR count). The van der Waals surface area contributed by atoms with E-state index in [1.54, 1.807) is 68.7 Å². The van der Waals surface area contributed by atoms with Gasteiger partial charge in [0.05, 0.1) is 17.2 Å². The molecule has 1 aromatic rings. The van der Waals surface area contributed by atoms with Crippen LogP contribution >= 0.6 is 0 Å². The maximum absolute atomic E-state index is 13.3. The molecule has 0 spiro atoms. The van der Waals surface area contributed by atoms with Crippen LogP contribution in [0.2, 0.25) is 0 Å². The fourth-order valence-corrected chi connectivity index (χ4v) is 6.80. The van der Waals surface area contributed by atoms with Crippen molar-refractivity contribution < 1.29 is 9.53 Å². The highest BCUT2D eigenvalue weighted by Crippen LogP contribution is 2.39. The van der Waals surface area contributed by atoms with Crippen molar-refractivity contribution in [1.29, 1.82) is 0 Å². The Morgan fingerprint density at radius 3 is 2.17 bits per heavy atom. The Morgan fingerprint density at radius 1 is 1.06 bits per heavy atom. The van der Waals surface area contributed by atoms with Crippen LogP contribution in [-0.2, 0) is 4.74 Å². The highest BCUT2D eigenvalue weighted by Gasteiger charge is 2.34. The number of hydrogen-bond acceptors (Lipinski definition) is 5. The zero-order valence-electron chi connectivity index (χ0n) is 21.6. The van der Waals surface area contributed by atoms with Crippen LogP contribution in [0.3, 0.4) is 0 Å². The monoisotopic (exact) mass is 481 g/mol. The van der Waals surface area contributed by atoms with Gasteiger partial charge in [-0.2, -0.15) is 0 Å². The second kappa shape index (κ2) is 12.2. The highest BCUT2D eigenvalue weighted by molar-refractivity contribution is 5.85. The minimum absolute atomic E-state index is 0.0474. The topological polar surface area (TPSA) is 73.2 Å². The van der Waals surface area contributed by atoms with Crippen molar-refractivity contribution >= 4 is 18.1 Å². The summed E-state index contributed by atoms with van der Waals surface area (Å²) in [6.45, 7) is 7.50. The number of hydrogen-bond donors (Lipinski definition) is 1. The second-order valence-electron chi connectivity index (χ2n) is 10.8. The van der Waals surface area contributed by atoms with Gasteiger partial charge in [-0.3, -0.25) is 9.36 Å². The number of allylic oxidation sites excluding steroid dienone is 1. The lowest BCUT2D eigenvalue weighted by molar-refractivity contribution is 0.0493. The number of carbonyl (C=O) groups is 1. The fraction of sp³-hybridized carbons (Fsp3) is 0.690. The van der Waals surface area contributed by atoms with Crippen molar-refractivity contribution in [1.82, 2.24) is 14.9 Å². The molecule has 192 valence electrons. The van der Waals surface area contributed by atoms with Crippen molar-refractivity contribution in [2.24, 2.45) is 11.8 Å². The molecule has 3 heterocycles. The van der Waals surface area contributed by atoms with E-state index in [0.29, 0.717) is 22.7 Å². The summed E-state index contributed by atoms with van der Waals surface area (Å²) in [6.07, 6.45) is 20.9. The zero-order chi connectivity index (χ0) is 24.8. The van der Waals surface area contributed by atoms with Gasteiger partial charge in [-0.05, 0) is 63.9 Å². The first-order valence-corrected chi connectivity index (χ1v) is 13.9. The molecule has 2 saturated carbocycles. The van der Waals surface area contributed by atoms with Crippen molar-refractivity contribution in [2.75, 3.05) is 6.61 Å². The fourth-order valence-electron chi connectivity index (χ4n) is 6.80. The Bertz CT molecular complexity index is 1040. The lowest BCUT2D eigenvalue weighted by Gasteiger charge is -2.41. The summed E-state index contributed by atoms with van der Waals surface area (Å²) in [5, 5.41) is 4.59. The Balaban J connectivity index is 0.000000266. The molecule has 1 aromatic heterocycles. The third-order valence-electron chi connectivity index (χ3n) is 8.37. The van der Waals surface area contributed by atoms with Crippen LogP contribution in [0.15, 0.2) is 17.4 Å². The summed E-state index contributed by atoms with van der Waals surface area (Å²) in [5.41, 5.74) is -0.193. The number of rotatable bonds is 4. The van der Waals surface area contributed by atoms with Crippen LogP contribution in [0.1, 0.15) is 108 Å². The van der Waals surface area contributed by atoms with Gasteiger partial charge in [0.1, 0.15) is 0 Å². The van der Waals surface area contributed by atoms with E-state index in [1.807, 2.05) is 0 Å². The zero-order valence-corrected chi connectivity index (χ0v) is 21.6. The van der Waals surface area contributed by atoms with Crippen LogP contribution in [0, 0.1) is 11.8 Å². The molecule has 4 fully saturated rings. The van der Waals surface area contributed by atoms with Gasteiger partial charge < -0.3 is 10.1 Å². The number of carbonyl (C=O) groups excluding carboxylic acids is 1. The molecular weight excluding hydrogens is 438 g/mol.